The van der Waals surface area contributed by atoms with Gasteiger partial charge in [0.05, 0.1) is 22.3 Å². The van der Waals surface area contributed by atoms with E-state index in [2.05, 4.69) is 4.98 Å². The molecule has 0 unspecified atom stereocenters. The van der Waals surface area contributed by atoms with Crippen molar-refractivity contribution in [3.63, 3.8) is 0 Å². The first-order chi connectivity index (χ1) is 9.79. The third-order valence-electron chi connectivity index (χ3n) is 2.48. The number of carbonyl (C=O) groups is 1. The third-order valence-corrected chi connectivity index (χ3v) is 3.82. The Morgan fingerprint density at radius 3 is 2.38 bits per heavy atom. The molecule has 0 fully saturated rings. The van der Waals surface area contributed by atoms with Crippen molar-refractivity contribution in [3.05, 3.63) is 53.9 Å². The van der Waals surface area contributed by atoms with Gasteiger partial charge in [0.1, 0.15) is 11.6 Å². The van der Waals surface area contributed by atoms with E-state index >= 15 is 0 Å². The highest BCUT2D eigenvalue weighted by molar-refractivity contribution is 7.92. The summed E-state index contributed by atoms with van der Waals surface area (Å²) in [5.74, 6) is -2.96. The quantitative estimate of drug-likeness (QED) is 0.887. The molecule has 0 saturated heterocycles. The summed E-state index contributed by atoms with van der Waals surface area (Å²) in [5.41, 5.74) is 4.79. The van der Waals surface area contributed by atoms with E-state index in [-0.39, 0.29) is 11.3 Å². The number of aromatic nitrogens is 1. The Bertz CT molecular complexity index is 789. The Morgan fingerprint density at radius 1 is 1.19 bits per heavy atom. The van der Waals surface area contributed by atoms with Crippen molar-refractivity contribution in [1.82, 2.24) is 4.98 Å². The maximum atomic E-state index is 13.1. The first-order valence-corrected chi connectivity index (χ1v) is 7.00. The van der Waals surface area contributed by atoms with Crippen LogP contribution in [0.4, 0.5) is 14.5 Å². The molecule has 110 valence electrons. The number of hydrogen-bond acceptors (Lipinski definition) is 4. The van der Waals surface area contributed by atoms with Crippen molar-refractivity contribution < 1.29 is 22.0 Å². The normalized spacial score (nSPS) is 11.1. The molecule has 0 saturated carbocycles. The molecule has 1 heterocycles. The minimum absolute atomic E-state index is 0.120. The van der Waals surface area contributed by atoms with Gasteiger partial charge < -0.3 is 5.73 Å². The zero-order valence-electron chi connectivity index (χ0n) is 10.4. The van der Waals surface area contributed by atoms with Crippen LogP contribution in [0.2, 0.25) is 0 Å². The lowest BCUT2D eigenvalue weighted by Gasteiger charge is -2.10. The van der Waals surface area contributed by atoms with Gasteiger partial charge in [-0.15, -0.1) is 0 Å². The molecule has 2 rings (SSSR count). The van der Waals surface area contributed by atoms with Crippen molar-refractivity contribution in [2.45, 2.75) is 4.90 Å². The monoisotopic (exact) mass is 313 g/mol. The van der Waals surface area contributed by atoms with E-state index in [0.717, 1.165) is 6.20 Å². The average Bonchev–Trinajstić information content (AvgIpc) is 2.37. The maximum absolute atomic E-state index is 13.1. The number of nitrogens with two attached hydrogens (primary N) is 1. The Hall–Kier alpha value is -2.55. The number of sulfonamides is 1. The molecule has 9 heteroatoms. The van der Waals surface area contributed by atoms with Gasteiger partial charge in [-0.3, -0.25) is 14.5 Å². The number of carbonyl (C=O) groups excluding carboxylic acids is 1. The number of hydrogen-bond donors (Lipinski definition) is 2. The highest BCUT2D eigenvalue weighted by Gasteiger charge is 2.19. The molecular formula is C12H9F2N3O3S. The molecule has 0 bridgehead atoms. The number of anilines is 1. The Morgan fingerprint density at radius 2 is 1.81 bits per heavy atom. The van der Waals surface area contributed by atoms with Gasteiger partial charge in [0.15, 0.2) is 0 Å². The van der Waals surface area contributed by atoms with E-state index in [1.165, 1.54) is 12.3 Å². The molecule has 3 N–H and O–H groups in total. The van der Waals surface area contributed by atoms with Crippen LogP contribution in [0, 0.1) is 11.6 Å². The Labute approximate surface area is 118 Å². The predicted molar refractivity (Wildman–Crippen MR) is 69.9 cm³/mol. The number of rotatable bonds is 4. The Kier molecular flexibility index (Phi) is 3.85. The van der Waals surface area contributed by atoms with Crippen molar-refractivity contribution in [3.8, 4) is 0 Å². The summed E-state index contributed by atoms with van der Waals surface area (Å²) in [6.07, 6.45) is 2.31. The molecular weight excluding hydrogens is 304 g/mol. The van der Waals surface area contributed by atoms with Crippen LogP contribution in [0.15, 0.2) is 41.6 Å². The van der Waals surface area contributed by atoms with Crippen LogP contribution in [0.3, 0.4) is 0 Å². The van der Waals surface area contributed by atoms with E-state index < -0.39 is 32.5 Å². The van der Waals surface area contributed by atoms with Gasteiger partial charge in [-0.25, -0.2) is 17.2 Å². The van der Waals surface area contributed by atoms with E-state index in [1.54, 1.807) is 0 Å². The van der Waals surface area contributed by atoms with E-state index in [1.807, 2.05) is 4.72 Å². The lowest BCUT2D eigenvalue weighted by Crippen LogP contribution is -2.19. The Balaban J connectivity index is 2.45. The van der Waals surface area contributed by atoms with Crippen molar-refractivity contribution >= 4 is 21.6 Å². The molecule has 2 aromatic rings. The topological polar surface area (TPSA) is 102 Å². The fraction of sp³-hybridized carbons (Fsp3) is 0. The smallest absolute Gasteiger partial charge is 0.262 e. The van der Waals surface area contributed by atoms with E-state index in [9.17, 15) is 22.0 Å². The van der Waals surface area contributed by atoms with Crippen molar-refractivity contribution in [2.75, 3.05) is 4.72 Å². The summed E-state index contributed by atoms with van der Waals surface area (Å²) >= 11 is 0. The molecule has 0 aliphatic carbocycles. The second kappa shape index (κ2) is 5.44. The van der Waals surface area contributed by atoms with Gasteiger partial charge in [0.25, 0.3) is 15.9 Å². The van der Waals surface area contributed by atoms with Gasteiger partial charge >= 0.3 is 0 Å². The van der Waals surface area contributed by atoms with Crippen LogP contribution in [0.1, 0.15) is 10.4 Å². The second-order valence-corrected chi connectivity index (χ2v) is 5.68. The summed E-state index contributed by atoms with van der Waals surface area (Å²) in [7, 11) is -4.29. The SMILES string of the molecule is NC(=O)c1ccncc1NS(=O)(=O)c1cc(F)cc(F)c1. The zero-order chi connectivity index (χ0) is 15.6. The number of primary amides is 1. The van der Waals surface area contributed by atoms with Crippen LogP contribution in [-0.4, -0.2) is 19.3 Å². The van der Waals surface area contributed by atoms with Crippen molar-refractivity contribution in [1.29, 1.82) is 0 Å². The summed E-state index contributed by atoms with van der Waals surface area (Å²) in [5, 5.41) is 0. The number of amides is 1. The fourth-order valence-corrected chi connectivity index (χ4v) is 2.68. The number of halogens is 2. The largest absolute Gasteiger partial charge is 0.366 e. The molecule has 0 aliphatic heterocycles. The molecule has 0 spiro atoms. The first-order valence-electron chi connectivity index (χ1n) is 5.52. The van der Waals surface area contributed by atoms with Crippen LogP contribution in [0.5, 0.6) is 0 Å². The first kappa shape index (κ1) is 14.9. The predicted octanol–water partition coefficient (Wildman–Crippen LogP) is 1.26. The van der Waals surface area contributed by atoms with Crippen LogP contribution in [-0.2, 0) is 10.0 Å². The molecule has 0 radical (unpaired) electrons. The zero-order valence-corrected chi connectivity index (χ0v) is 11.2. The lowest BCUT2D eigenvalue weighted by atomic mass is 10.2. The van der Waals surface area contributed by atoms with E-state index in [4.69, 9.17) is 5.73 Å². The number of benzene rings is 1. The second-order valence-electron chi connectivity index (χ2n) is 4.00. The van der Waals surface area contributed by atoms with Crippen LogP contribution in [0.25, 0.3) is 0 Å². The molecule has 1 aromatic heterocycles. The van der Waals surface area contributed by atoms with Gasteiger partial charge in [0.2, 0.25) is 0 Å². The fourth-order valence-electron chi connectivity index (χ4n) is 1.58. The van der Waals surface area contributed by atoms with Crippen LogP contribution >= 0.6 is 0 Å². The highest BCUT2D eigenvalue weighted by atomic mass is 32.2. The number of pyridine rings is 1. The summed E-state index contributed by atoms with van der Waals surface area (Å²) in [6, 6.07) is 3.04. The molecule has 6 nitrogen and oxygen atoms in total. The lowest BCUT2D eigenvalue weighted by molar-refractivity contribution is 0.100. The molecule has 0 aliphatic rings. The van der Waals surface area contributed by atoms with Gasteiger partial charge in [-0.2, -0.15) is 0 Å². The molecule has 0 atom stereocenters. The third kappa shape index (κ3) is 3.31. The van der Waals surface area contributed by atoms with Gasteiger partial charge in [0, 0.05) is 12.3 Å². The average molecular weight is 313 g/mol. The summed E-state index contributed by atoms with van der Waals surface area (Å²) in [4.78, 5) is 14.2. The molecule has 1 aromatic carbocycles. The number of nitrogens with zero attached hydrogens (tertiary/aromatic N) is 1. The van der Waals surface area contributed by atoms with Gasteiger partial charge in [-0.1, -0.05) is 0 Å². The summed E-state index contributed by atoms with van der Waals surface area (Å²) < 4.78 is 52.3. The summed E-state index contributed by atoms with van der Waals surface area (Å²) in [6.45, 7) is 0. The standard InChI is InChI=1S/C12H9F2N3O3S/c13-7-3-8(14)5-9(4-7)21(19,20)17-11-6-16-2-1-10(11)12(15)18/h1-6,17H,(H2,15,18). The minimum Gasteiger partial charge on any atom is -0.366 e. The highest BCUT2D eigenvalue weighted by Crippen LogP contribution is 2.20. The minimum atomic E-state index is -4.29. The number of nitrogens with one attached hydrogen (secondary N) is 1. The van der Waals surface area contributed by atoms with Gasteiger partial charge in [-0.05, 0) is 18.2 Å². The van der Waals surface area contributed by atoms with Crippen LogP contribution < -0.4 is 10.5 Å². The molecule has 1 amide bonds. The maximum Gasteiger partial charge on any atom is 0.262 e. The van der Waals surface area contributed by atoms with E-state index in [0.29, 0.717) is 18.2 Å². The molecule has 21 heavy (non-hydrogen) atoms. The van der Waals surface area contributed by atoms with Crippen molar-refractivity contribution in [2.24, 2.45) is 5.73 Å².